The maximum atomic E-state index is 12.8. The van der Waals surface area contributed by atoms with Crippen molar-refractivity contribution in [1.82, 2.24) is 0 Å². The predicted molar refractivity (Wildman–Crippen MR) is 109 cm³/mol. The van der Waals surface area contributed by atoms with Crippen LogP contribution in [-0.2, 0) is 16.1 Å². The van der Waals surface area contributed by atoms with Crippen molar-refractivity contribution in [3.63, 3.8) is 0 Å². The molecule has 1 aliphatic heterocycles. The highest BCUT2D eigenvalue weighted by Crippen LogP contribution is 2.27. The molecule has 0 saturated carbocycles. The third-order valence-electron chi connectivity index (χ3n) is 5.36. The Morgan fingerprint density at radius 2 is 1.93 bits per heavy atom. The Morgan fingerprint density at radius 3 is 2.69 bits per heavy atom. The van der Waals surface area contributed by atoms with Gasteiger partial charge in [-0.2, -0.15) is 0 Å². The number of carbonyl (C=O) groups is 2. The Labute approximate surface area is 167 Å². The van der Waals surface area contributed by atoms with Crippen molar-refractivity contribution in [2.24, 2.45) is 0 Å². The first-order valence-corrected chi connectivity index (χ1v) is 9.55. The van der Waals surface area contributed by atoms with Crippen LogP contribution < -0.4 is 10.5 Å². The van der Waals surface area contributed by atoms with Gasteiger partial charge in [-0.05, 0) is 43.5 Å². The smallest absolute Gasteiger partial charge is 0.340 e. The number of rotatable bonds is 4. The molecule has 1 fully saturated rings. The van der Waals surface area contributed by atoms with E-state index in [0.29, 0.717) is 35.4 Å². The molecule has 4 rings (SSSR count). The summed E-state index contributed by atoms with van der Waals surface area (Å²) in [6.45, 7) is 4.36. The molecule has 0 unspecified atom stereocenters. The Balaban J connectivity index is 1.63. The highest BCUT2D eigenvalue weighted by atomic mass is 16.5. The molecule has 0 radical (unpaired) electrons. The molecule has 2 aromatic carbocycles. The average Bonchev–Trinajstić information content (AvgIpc) is 3.14. The van der Waals surface area contributed by atoms with E-state index >= 15 is 0 Å². The summed E-state index contributed by atoms with van der Waals surface area (Å²) in [5, 5.41) is 0.739. The second kappa shape index (κ2) is 7.54. The SMILES string of the molecule is Cc1ccc2c(COC(=O)c3ccccc3N3CCCC3=O)cc(=O)oc2c1C. The number of ether oxygens (including phenoxy) is 1. The van der Waals surface area contributed by atoms with E-state index in [0.717, 1.165) is 22.9 Å². The van der Waals surface area contributed by atoms with Gasteiger partial charge in [-0.1, -0.05) is 24.3 Å². The molecule has 148 valence electrons. The van der Waals surface area contributed by atoms with Crippen molar-refractivity contribution in [2.75, 3.05) is 11.4 Å². The van der Waals surface area contributed by atoms with Crippen molar-refractivity contribution in [3.05, 3.63) is 75.1 Å². The molecular weight excluding hydrogens is 370 g/mol. The van der Waals surface area contributed by atoms with E-state index in [1.54, 1.807) is 29.2 Å². The zero-order chi connectivity index (χ0) is 20.5. The maximum absolute atomic E-state index is 12.8. The lowest BCUT2D eigenvalue weighted by atomic mass is 10.0. The summed E-state index contributed by atoms with van der Waals surface area (Å²) in [5.74, 6) is -0.534. The van der Waals surface area contributed by atoms with Gasteiger partial charge in [0.2, 0.25) is 5.91 Å². The zero-order valence-corrected chi connectivity index (χ0v) is 16.4. The van der Waals surface area contributed by atoms with E-state index in [9.17, 15) is 14.4 Å². The van der Waals surface area contributed by atoms with Crippen molar-refractivity contribution >= 4 is 28.5 Å². The van der Waals surface area contributed by atoms with Gasteiger partial charge in [-0.15, -0.1) is 0 Å². The van der Waals surface area contributed by atoms with Crippen LogP contribution >= 0.6 is 0 Å². The summed E-state index contributed by atoms with van der Waals surface area (Å²) in [4.78, 5) is 38.5. The van der Waals surface area contributed by atoms with Gasteiger partial charge < -0.3 is 14.1 Å². The zero-order valence-electron chi connectivity index (χ0n) is 16.4. The van der Waals surface area contributed by atoms with Crippen LogP contribution in [0.5, 0.6) is 0 Å². The standard InChI is InChI=1S/C23H21NO5/c1-14-9-10-17-16(12-21(26)29-22(17)15(14)2)13-28-23(27)18-6-3-4-7-19(18)24-11-5-8-20(24)25/h3-4,6-7,9-10,12H,5,8,11,13H2,1-2H3. The van der Waals surface area contributed by atoms with Crippen LogP contribution in [0.2, 0.25) is 0 Å². The minimum absolute atomic E-state index is 0.00255. The fourth-order valence-electron chi connectivity index (χ4n) is 3.65. The topological polar surface area (TPSA) is 76.8 Å². The normalized spacial score (nSPS) is 13.9. The number of nitrogens with zero attached hydrogens (tertiary/aromatic N) is 1. The third kappa shape index (κ3) is 3.53. The molecule has 6 nitrogen and oxygen atoms in total. The molecule has 0 N–H and O–H groups in total. The number of anilines is 1. The van der Waals surface area contributed by atoms with Crippen LogP contribution in [0.25, 0.3) is 11.0 Å². The number of benzene rings is 2. The number of carbonyl (C=O) groups excluding carboxylic acids is 2. The molecule has 0 aliphatic carbocycles. The summed E-state index contributed by atoms with van der Waals surface area (Å²) in [6, 6.07) is 12.1. The minimum Gasteiger partial charge on any atom is -0.457 e. The lowest BCUT2D eigenvalue weighted by molar-refractivity contribution is -0.117. The second-order valence-electron chi connectivity index (χ2n) is 7.22. The van der Waals surface area contributed by atoms with Crippen LogP contribution in [0.1, 0.15) is 39.9 Å². The maximum Gasteiger partial charge on any atom is 0.340 e. The molecule has 1 saturated heterocycles. The van der Waals surface area contributed by atoms with E-state index in [2.05, 4.69) is 0 Å². The van der Waals surface area contributed by atoms with E-state index < -0.39 is 11.6 Å². The Kier molecular flexibility index (Phi) is 4.92. The molecule has 29 heavy (non-hydrogen) atoms. The molecule has 0 bridgehead atoms. The lowest BCUT2D eigenvalue weighted by Gasteiger charge is -2.19. The van der Waals surface area contributed by atoms with E-state index in [4.69, 9.17) is 9.15 Å². The minimum atomic E-state index is -0.537. The van der Waals surface area contributed by atoms with Gasteiger partial charge in [0, 0.05) is 30.0 Å². The number of hydrogen-bond acceptors (Lipinski definition) is 5. The molecule has 1 aromatic heterocycles. The Bertz CT molecular complexity index is 1180. The molecule has 2 heterocycles. The van der Waals surface area contributed by atoms with E-state index in [-0.39, 0.29) is 12.5 Å². The summed E-state index contributed by atoms with van der Waals surface area (Å²) in [6.07, 6.45) is 1.25. The molecule has 0 spiro atoms. The number of hydrogen-bond donors (Lipinski definition) is 0. The van der Waals surface area contributed by atoms with E-state index in [1.165, 1.54) is 6.07 Å². The van der Waals surface area contributed by atoms with Gasteiger partial charge in [-0.3, -0.25) is 4.79 Å². The van der Waals surface area contributed by atoms with Crippen LogP contribution in [-0.4, -0.2) is 18.4 Å². The summed E-state index contributed by atoms with van der Waals surface area (Å²) >= 11 is 0. The van der Waals surface area contributed by atoms with Crippen molar-refractivity contribution < 1.29 is 18.7 Å². The first-order chi connectivity index (χ1) is 14.0. The summed E-state index contributed by atoms with van der Waals surface area (Å²) in [5.41, 5.74) is 3.39. The molecular formula is C23H21NO5. The predicted octanol–water partition coefficient (Wildman–Crippen LogP) is 3.89. The van der Waals surface area contributed by atoms with Crippen molar-refractivity contribution in [3.8, 4) is 0 Å². The summed E-state index contributed by atoms with van der Waals surface area (Å²) in [7, 11) is 0. The van der Waals surface area contributed by atoms with Gasteiger partial charge in [0.1, 0.15) is 12.2 Å². The summed E-state index contributed by atoms with van der Waals surface area (Å²) < 4.78 is 10.9. The number of aryl methyl sites for hydroxylation is 2. The number of esters is 1. The first-order valence-electron chi connectivity index (χ1n) is 9.55. The van der Waals surface area contributed by atoms with Gasteiger partial charge in [0.25, 0.3) is 0 Å². The van der Waals surface area contributed by atoms with Gasteiger partial charge in [0.05, 0.1) is 11.3 Å². The number of fused-ring (bicyclic) bond motifs is 1. The van der Waals surface area contributed by atoms with Crippen LogP contribution in [0.3, 0.4) is 0 Å². The molecule has 6 heteroatoms. The van der Waals surface area contributed by atoms with Gasteiger partial charge >= 0.3 is 11.6 Å². The van der Waals surface area contributed by atoms with Crippen molar-refractivity contribution in [2.45, 2.75) is 33.3 Å². The van der Waals surface area contributed by atoms with Crippen LogP contribution in [0, 0.1) is 13.8 Å². The Hall–Kier alpha value is -3.41. The van der Waals surface area contributed by atoms with Crippen molar-refractivity contribution in [1.29, 1.82) is 0 Å². The van der Waals surface area contributed by atoms with Gasteiger partial charge in [0.15, 0.2) is 0 Å². The fourth-order valence-corrected chi connectivity index (χ4v) is 3.65. The van der Waals surface area contributed by atoms with E-state index in [1.807, 2.05) is 26.0 Å². The highest BCUT2D eigenvalue weighted by molar-refractivity contribution is 6.03. The molecule has 1 aliphatic rings. The monoisotopic (exact) mass is 391 g/mol. The largest absolute Gasteiger partial charge is 0.457 e. The molecule has 0 atom stereocenters. The first kappa shape index (κ1) is 18.9. The highest BCUT2D eigenvalue weighted by Gasteiger charge is 2.26. The lowest BCUT2D eigenvalue weighted by Crippen LogP contribution is -2.26. The van der Waals surface area contributed by atoms with Crippen LogP contribution in [0.15, 0.2) is 51.7 Å². The van der Waals surface area contributed by atoms with Crippen LogP contribution in [0.4, 0.5) is 5.69 Å². The molecule has 3 aromatic rings. The second-order valence-corrected chi connectivity index (χ2v) is 7.22. The average molecular weight is 391 g/mol. The molecule has 1 amide bonds. The van der Waals surface area contributed by atoms with Gasteiger partial charge in [-0.25, -0.2) is 9.59 Å². The number of para-hydroxylation sites is 1. The third-order valence-corrected chi connectivity index (χ3v) is 5.36. The fraction of sp³-hybridized carbons (Fsp3) is 0.261. The number of amides is 1. The quantitative estimate of drug-likeness (QED) is 0.498. The Morgan fingerprint density at radius 1 is 1.14 bits per heavy atom.